The van der Waals surface area contributed by atoms with Gasteiger partial charge in [0.2, 0.25) is 0 Å². The third kappa shape index (κ3) is 3.39. The van der Waals surface area contributed by atoms with Crippen molar-refractivity contribution in [1.82, 2.24) is 10.3 Å². The first kappa shape index (κ1) is 13.2. The van der Waals surface area contributed by atoms with Gasteiger partial charge in [0.1, 0.15) is 5.69 Å². The maximum Gasteiger partial charge on any atom is 0.270 e. The van der Waals surface area contributed by atoms with Gasteiger partial charge in [-0.3, -0.25) is 9.78 Å². The Labute approximate surface area is 112 Å². The molecule has 0 saturated carbocycles. The molecular formula is C15H17N3O. The first-order valence-corrected chi connectivity index (χ1v) is 6.21. The molecule has 4 heteroatoms. The number of carbonyl (C=O) groups is 1. The standard InChI is InChI=1S/C15H17N3O/c1-11(13-5-3-2-4-6-13)18-15(19)14-9-12(10-16)7-8-17-14/h2-9,11H,10,16H2,1H3,(H,18,19)/t11-/m0/s1. The Balaban J connectivity index is 2.08. The number of aromatic nitrogens is 1. The molecule has 1 aromatic heterocycles. The summed E-state index contributed by atoms with van der Waals surface area (Å²) in [6.07, 6.45) is 1.60. The van der Waals surface area contributed by atoms with Crippen LogP contribution in [0.25, 0.3) is 0 Å². The van der Waals surface area contributed by atoms with Crippen LogP contribution in [0.3, 0.4) is 0 Å². The van der Waals surface area contributed by atoms with E-state index in [0.29, 0.717) is 12.2 Å². The molecule has 19 heavy (non-hydrogen) atoms. The predicted molar refractivity (Wildman–Crippen MR) is 74.5 cm³/mol. The van der Waals surface area contributed by atoms with Crippen molar-refractivity contribution in [2.45, 2.75) is 19.5 Å². The highest BCUT2D eigenvalue weighted by atomic mass is 16.1. The molecule has 0 radical (unpaired) electrons. The van der Waals surface area contributed by atoms with Gasteiger partial charge in [-0.05, 0) is 30.2 Å². The van der Waals surface area contributed by atoms with E-state index in [4.69, 9.17) is 5.73 Å². The molecule has 0 fully saturated rings. The lowest BCUT2D eigenvalue weighted by Gasteiger charge is -2.14. The number of carbonyl (C=O) groups excluding carboxylic acids is 1. The first-order chi connectivity index (χ1) is 9.20. The highest BCUT2D eigenvalue weighted by molar-refractivity contribution is 5.92. The maximum absolute atomic E-state index is 12.1. The van der Waals surface area contributed by atoms with Crippen molar-refractivity contribution in [1.29, 1.82) is 0 Å². The zero-order chi connectivity index (χ0) is 13.7. The third-order valence-corrected chi connectivity index (χ3v) is 2.94. The highest BCUT2D eigenvalue weighted by Crippen LogP contribution is 2.12. The molecule has 0 unspecified atom stereocenters. The Kier molecular flexibility index (Phi) is 4.26. The molecule has 1 aromatic carbocycles. The highest BCUT2D eigenvalue weighted by Gasteiger charge is 2.12. The summed E-state index contributed by atoms with van der Waals surface area (Å²) in [7, 11) is 0. The number of hydrogen-bond donors (Lipinski definition) is 2. The van der Waals surface area contributed by atoms with E-state index in [-0.39, 0.29) is 11.9 Å². The summed E-state index contributed by atoms with van der Waals surface area (Å²) in [5.41, 5.74) is 7.90. The van der Waals surface area contributed by atoms with Gasteiger partial charge < -0.3 is 11.1 Å². The van der Waals surface area contributed by atoms with Crippen LogP contribution in [0.4, 0.5) is 0 Å². The van der Waals surface area contributed by atoms with Gasteiger partial charge in [-0.15, -0.1) is 0 Å². The summed E-state index contributed by atoms with van der Waals surface area (Å²) in [4.78, 5) is 16.1. The van der Waals surface area contributed by atoms with Crippen molar-refractivity contribution >= 4 is 5.91 Å². The van der Waals surface area contributed by atoms with E-state index in [2.05, 4.69) is 10.3 Å². The van der Waals surface area contributed by atoms with E-state index >= 15 is 0 Å². The van der Waals surface area contributed by atoms with E-state index in [0.717, 1.165) is 11.1 Å². The molecule has 2 aromatic rings. The number of nitrogens with zero attached hydrogens (tertiary/aromatic N) is 1. The summed E-state index contributed by atoms with van der Waals surface area (Å²) >= 11 is 0. The van der Waals surface area contributed by atoms with Crippen molar-refractivity contribution < 1.29 is 4.79 Å². The number of rotatable bonds is 4. The summed E-state index contributed by atoms with van der Waals surface area (Å²) < 4.78 is 0. The van der Waals surface area contributed by atoms with Crippen molar-refractivity contribution in [3.63, 3.8) is 0 Å². The van der Waals surface area contributed by atoms with Crippen LogP contribution in [-0.4, -0.2) is 10.9 Å². The van der Waals surface area contributed by atoms with E-state index in [9.17, 15) is 4.79 Å². The van der Waals surface area contributed by atoms with E-state index in [1.54, 1.807) is 18.3 Å². The molecule has 4 nitrogen and oxygen atoms in total. The predicted octanol–water partition coefficient (Wildman–Crippen LogP) is 2.03. The normalized spacial score (nSPS) is 11.9. The molecule has 1 atom stereocenters. The SMILES string of the molecule is C[C@H](NC(=O)c1cc(CN)ccn1)c1ccccc1. The van der Waals surface area contributed by atoms with Gasteiger partial charge in [-0.25, -0.2) is 0 Å². The van der Waals surface area contributed by atoms with Crippen LogP contribution in [0.1, 0.15) is 34.6 Å². The Morgan fingerprint density at radius 3 is 2.74 bits per heavy atom. The van der Waals surface area contributed by atoms with Gasteiger partial charge >= 0.3 is 0 Å². The second-order valence-electron chi connectivity index (χ2n) is 4.36. The fourth-order valence-corrected chi connectivity index (χ4v) is 1.82. The molecule has 3 N–H and O–H groups in total. The lowest BCUT2D eigenvalue weighted by atomic mass is 10.1. The topological polar surface area (TPSA) is 68.0 Å². The average Bonchev–Trinajstić information content (AvgIpc) is 2.48. The Hall–Kier alpha value is -2.20. The number of nitrogens with one attached hydrogen (secondary N) is 1. The van der Waals surface area contributed by atoms with Crippen LogP contribution in [0.5, 0.6) is 0 Å². The minimum atomic E-state index is -0.188. The molecular weight excluding hydrogens is 238 g/mol. The van der Waals surface area contributed by atoms with E-state index in [1.165, 1.54) is 0 Å². The van der Waals surface area contributed by atoms with Gasteiger partial charge in [0, 0.05) is 12.7 Å². The lowest BCUT2D eigenvalue weighted by molar-refractivity contribution is 0.0934. The van der Waals surface area contributed by atoms with Gasteiger partial charge in [0.05, 0.1) is 6.04 Å². The number of amides is 1. The lowest BCUT2D eigenvalue weighted by Crippen LogP contribution is -2.27. The van der Waals surface area contributed by atoms with Gasteiger partial charge in [0.25, 0.3) is 5.91 Å². The molecule has 1 heterocycles. The second kappa shape index (κ2) is 6.11. The number of nitrogens with two attached hydrogens (primary N) is 1. The van der Waals surface area contributed by atoms with Crippen LogP contribution < -0.4 is 11.1 Å². The van der Waals surface area contributed by atoms with Crippen LogP contribution in [0.15, 0.2) is 48.7 Å². The zero-order valence-corrected chi connectivity index (χ0v) is 10.8. The van der Waals surface area contributed by atoms with Gasteiger partial charge in [0.15, 0.2) is 0 Å². The maximum atomic E-state index is 12.1. The van der Waals surface area contributed by atoms with Gasteiger partial charge in [-0.2, -0.15) is 0 Å². The molecule has 0 aliphatic rings. The largest absolute Gasteiger partial charge is 0.344 e. The minimum absolute atomic E-state index is 0.0583. The van der Waals surface area contributed by atoms with E-state index < -0.39 is 0 Å². The molecule has 0 aliphatic heterocycles. The monoisotopic (exact) mass is 255 g/mol. The molecule has 0 spiro atoms. The summed E-state index contributed by atoms with van der Waals surface area (Å²) in [5.74, 6) is -0.188. The van der Waals surface area contributed by atoms with Crippen molar-refractivity contribution in [2.75, 3.05) is 0 Å². The molecule has 1 amide bonds. The van der Waals surface area contributed by atoms with E-state index in [1.807, 2.05) is 37.3 Å². The van der Waals surface area contributed by atoms with Crippen LogP contribution >= 0.6 is 0 Å². The first-order valence-electron chi connectivity index (χ1n) is 6.21. The Morgan fingerprint density at radius 2 is 2.05 bits per heavy atom. The fourth-order valence-electron chi connectivity index (χ4n) is 1.82. The van der Waals surface area contributed by atoms with Gasteiger partial charge in [-0.1, -0.05) is 30.3 Å². The quantitative estimate of drug-likeness (QED) is 0.878. The summed E-state index contributed by atoms with van der Waals surface area (Å²) in [5, 5.41) is 2.92. The molecule has 0 bridgehead atoms. The number of hydrogen-bond acceptors (Lipinski definition) is 3. The third-order valence-electron chi connectivity index (χ3n) is 2.94. The number of pyridine rings is 1. The summed E-state index contributed by atoms with van der Waals surface area (Å²) in [6, 6.07) is 13.3. The second-order valence-corrected chi connectivity index (χ2v) is 4.36. The minimum Gasteiger partial charge on any atom is -0.344 e. The molecule has 98 valence electrons. The summed E-state index contributed by atoms with van der Waals surface area (Å²) in [6.45, 7) is 2.34. The molecule has 0 aliphatic carbocycles. The van der Waals surface area contributed by atoms with Crippen molar-refractivity contribution in [3.05, 3.63) is 65.5 Å². The van der Waals surface area contributed by atoms with Crippen LogP contribution in [-0.2, 0) is 6.54 Å². The Bertz CT molecular complexity index is 554. The average molecular weight is 255 g/mol. The molecule has 2 rings (SSSR count). The zero-order valence-electron chi connectivity index (χ0n) is 10.8. The van der Waals surface area contributed by atoms with Crippen molar-refractivity contribution in [3.8, 4) is 0 Å². The molecule has 0 saturated heterocycles. The van der Waals surface area contributed by atoms with Crippen molar-refractivity contribution in [2.24, 2.45) is 5.73 Å². The van der Waals surface area contributed by atoms with Crippen LogP contribution in [0.2, 0.25) is 0 Å². The van der Waals surface area contributed by atoms with Crippen LogP contribution in [0, 0.1) is 0 Å². The fraction of sp³-hybridized carbons (Fsp3) is 0.200. The Morgan fingerprint density at radius 1 is 1.32 bits per heavy atom. The smallest absolute Gasteiger partial charge is 0.270 e. The number of benzene rings is 1.